The zero-order valence-electron chi connectivity index (χ0n) is 10.7. The lowest BCUT2D eigenvalue weighted by Gasteiger charge is -2.21. The second kappa shape index (κ2) is 4.00. The Morgan fingerprint density at radius 3 is 2.90 bits per heavy atom. The Hall–Kier alpha value is -1.50. The molecule has 4 nitrogen and oxygen atoms in total. The molecule has 2 aliphatic rings. The predicted octanol–water partition coefficient (Wildman–Crippen LogP) is 3.38. The van der Waals surface area contributed by atoms with Crippen molar-refractivity contribution in [3.63, 3.8) is 0 Å². The minimum Gasteiger partial charge on any atom is -0.390 e. The quantitative estimate of drug-likeness (QED) is 0.923. The number of rotatable bonds is 2. The van der Waals surface area contributed by atoms with Crippen LogP contribution >= 0.6 is 11.3 Å². The van der Waals surface area contributed by atoms with Gasteiger partial charge in [0.1, 0.15) is 0 Å². The predicted molar refractivity (Wildman–Crippen MR) is 71.0 cm³/mol. The van der Waals surface area contributed by atoms with Gasteiger partial charge >= 0.3 is 0 Å². The number of fused-ring (bicyclic) bond motifs is 1. The molecular weight excluding hydrogens is 284 g/mol. The third kappa shape index (κ3) is 1.91. The summed E-state index contributed by atoms with van der Waals surface area (Å²) < 4.78 is 32.2. The van der Waals surface area contributed by atoms with Crippen molar-refractivity contribution < 1.29 is 13.3 Å². The molecule has 7 heteroatoms. The van der Waals surface area contributed by atoms with Crippen molar-refractivity contribution in [1.29, 1.82) is 0 Å². The average molecular weight is 297 g/mol. The van der Waals surface area contributed by atoms with Crippen LogP contribution in [0.25, 0.3) is 11.5 Å². The van der Waals surface area contributed by atoms with Gasteiger partial charge in [-0.25, -0.2) is 8.78 Å². The number of aromatic nitrogens is 2. The van der Waals surface area contributed by atoms with Crippen molar-refractivity contribution >= 4 is 16.3 Å². The SMILES string of the molecule is Nc1sc2c(c1-c1nc(C3CC3)no1)CCC(F)(F)C2. The summed E-state index contributed by atoms with van der Waals surface area (Å²) >= 11 is 1.22. The minimum atomic E-state index is -2.63. The van der Waals surface area contributed by atoms with Crippen LogP contribution in [0, 0.1) is 0 Å². The summed E-state index contributed by atoms with van der Waals surface area (Å²) in [7, 11) is 0. The van der Waals surface area contributed by atoms with E-state index in [2.05, 4.69) is 10.1 Å². The molecule has 106 valence electrons. The number of hydrogen-bond acceptors (Lipinski definition) is 5. The van der Waals surface area contributed by atoms with E-state index in [9.17, 15) is 8.78 Å². The van der Waals surface area contributed by atoms with Crippen molar-refractivity contribution in [2.75, 3.05) is 5.73 Å². The van der Waals surface area contributed by atoms with Gasteiger partial charge in [-0.15, -0.1) is 11.3 Å². The van der Waals surface area contributed by atoms with Gasteiger partial charge in [0.25, 0.3) is 11.8 Å². The molecule has 1 fully saturated rings. The molecule has 1 saturated carbocycles. The molecule has 0 radical (unpaired) electrons. The van der Waals surface area contributed by atoms with Crippen LogP contribution in [0.4, 0.5) is 13.8 Å². The van der Waals surface area contributed by atoms with E-state index in [4.69, 9.17) is 10.3 Å². The Labute approximate surface area is 118 Å². The molecule has 2 aliphatic carbocycles. The molecule has 2 aromatic rings. The molecule has 4 rings (SSSR count). The number of nitrogens with two attached hydrogens (primary N) is 1. The first-order valence-corrected chi connectivity index (χ1v) is 7.47. The van der Waals surface area contributed by atoms with E-state index in [1.54, 1.807) is 0 Å². The first-order chi connectivity index (χ1) is 9.53. The van der Waals surface area contributed by atoms with Crippen LogP contribution in [0.3, 0.4) is 0 Å². The summed E-state index contributed by atoms with van der Waals surface area (Å²) in [5.41, 5.74) is 7.53. The molecule has 0 bridgehead atoms. The normalized spacial score (nSPS) is 20.9. The van der Waals surface area contributed by atoms with E-state index in [1.807, 2.05) is 0 Å². The lowest BCUT2D eigenvalue weighted by Crippen LogP contribution is -2.24. The van der Waals surface area contributed by atoms with Crippen LogP contribution in [0.2, 0.25) is 0 Å². The average Bonchev–Trinajstić information content (AvgIpc) is 3.02. The third-order valence-electron chi connectivity index (χ3n) is 3.88. The highest BCUT2D eigenvalue weighted by atomic mass is 32.1. The maximum atomic E-state index is 13.5. The lowest BCUT2D eigenvalue weighted by atomic mass is 9.93. The van der Waals surface area contributed by atoms with Crippen molar-refractivity contribution in [1.82, 2.24) is 10.1 Å². The molecule has 0 aliphatic heterocycles. The van der Waals surface area contributed by atoms with Crippen molar-refractivity contribution in [3.8, 4) is 11.5 Å². The van der Waals surface area contributed by atoms with Gasteiger partial charge in [-0.05, 0) is 24.8 Å². The molecule has 0 amide bonds. The van der Waals surface area contributed by atoms with E-state index in [1.165, 1.54) is 11.3 Å². The Bertz CT molecular complexity index is 675. The number of anilines is 1. The first kappa shape index (κ1) is 12.3. The number of thiophene rings is 1. The van der Waals surface area contributed by atoms with E-state index in [0.717, 1.165) is 18.4 Å². The van der Waals surface area contributed by atoms with Crippen LogP contribution in [-0.2, 0) is 12.8 Å². The smallest absolute Gasteiger partial charge is 0.261 e. The topological polar surface area (TPSA) is 64.9 Å². The Balaban J connectivity index is 1.76. The molecule has 2 aromatic heterocycles. The van der Waals surface area contributed by atoms with Crippen molar-refractivity contribution in [3.05, 3.63) is 16.3 Å². The number of halogens is 2. The van der Waals surface area contributed by atoms with Crippen LogP contribution in [0.1, 0.15) is 41.4 Å². The summed E-state index contributed by atoms with van der Waals surface area (Å²) in [6.07, 6.45) is 2.10. The monoisotopic (exact) mass is 297 g/mol. The lowest BCUT2D eigenvalue weighted by molar-refractivity contribution is -0.0111. The summed E-state index contributed by atoms with van der Waals surface area (Å²) in [4.78, 5) is 5.03. The minimum absolute atomic E-state index is 0.146. The molecule has 0 saturated heterocycles. The fourth-order valence-corrected chi connectivity index (χ4v) is 3.84. The number of nitrogens with zero attached hydrogens (tertiary/aromatic N) is 2. The number of nitrogen functional groups attached to an aromatic ring is 1. The largest absolute Gasteiger partial charge is 0.390 e. The molecule has 0 atom stereocenters. The third-order valence-corrected chi connectivity index (χ3v) is 4.94. The van der Waals surface area contributed by atoms with Gasteiger partial charge in [-0.1, -0.05) is 5.16 Å². The fourth-order valence-electron chi connectivity index (χ4n) is 2.65. The van der Waals surface area contributed by atoms with Gasteiger partial charge in [0.05, 0.1) is 10.6 Å². The standard InChI is InChI=1S/C13H13F2N3OS/c14-13(15)4-3-7-8(5-13)20-10(16)9(7)12-17-11(18-19-12)6-1-2-6/h6H,1-5,16H2. The highest BCUT2D eigenvalue weighted by Gasteiger charge is 2.38. The molecule has 2 N–H and O–H groups in total. The van der Waals surface area contributed by atoms with E-state index in [-0.39, 0.29) is 12.8 Å². The molecule has 2 heterocycles. The number of hydrogen-bond donors (Lipinski definition) is 1. The van der Waals surface area contributed by atoms with Crippen LogP contribution < -0.4 is 5.73 Å². The van der Waals surface area contributed by atoms with Gasteiger partial charge in [-0.3, -0.25) is 0 Å². The van der Waals surface area contributed by atoms with Crippen molar-refractivity contribution in [2.24, 2.45) is 0 Å². The molecule has 20 heavy (non-hydrogen) atoms. The zero-order chi connectivity index (χ0) is 13.9. The van der Waals surface area contributed by atoms with Crippen LogP contribution in [-0.4, -0.2) is 16.1 Å². The zero-order valence-corrected chi connectivity index (χ0v) is 11.5. The highest BCUT2D eigenvalue weighted by molar-refractivity contribution is 7.16. The molecule has 0 spiro atoms. The molecular formula is C13H13F2N3OS. The summed E-state index contributed by atoms with van der Waals surface area (Å²) in [6.45, 7) is 0. The van der Waals surface area contributed by atoms with Gasteiger partial charge < -0.3 is 10.3 Å². The highest BCUT2D eigenvalue weighted by Crippen LogP contribution is 2.46. The second-order valence-corrected chi connectivity index (χ2v) is 6.64. The van der Waals surface area contributed by atoms with Gasteiger partial charge in [0.2, 0.25) is 0 Å². The fraction of sp³-hybridized carbons (Fsp3) is 0.538. The van der Waals surface area contributed by atoms with E-state index < -0.39 is 5.92 Å². The van der Waals surface area contributed by atoms with Gasteiger partial charge in [0.15, 0.2) is 5.82 Å². The van der Waals surface area contributed by atoms with Gasteiger partial charge in [-0.2, -0.15) is 4.98 Å². The summed E-state index contributed by atoms with van der Waals surface area (Å²) in [5.74, 6) is -1.14. The Morgan fingerprint density at radius 2 is 2.15 bits per heavy atom. The van der Waals surface area contributed by atoms with E-state index in [0.29, 0.717) is 39.5 Å². The molecule has 0 aromatic carbocycles. The summed E-state index contributed by atoms with van der Waals surface area (Å²) in [5, 5.41) is 4.47. The Kier molecular flexibility index (Phi) is 2.45. The van der Waals surface area contributed by atoms with E-state index >= 15 is 0 Å². The summed E-state index contributed by atoms with van der Waals surface area (Å²) in [6, 6.07) is 0. The van der Waals surface area contributed by atoms with Gasteiger partial charge in [0, 0.05) is 23.6 Å². The maximum Gasteiger partial charge on any atom is 0.261 e. The van der Waals surface area contributed by atoms with Crippen LogP contribution in [0.15, 0.2) is 4.52 Å². The second-order valence-electron chi connectivity index (χ2n) is 5.51. The van der Waals surface area contributed by atoms with Crippen molar-refractivity contribution in [2.45, 2.75) is 43.9 Å². The first-order valence-electron chi connectivity index (χ1n) is 6.65. The maximum absolute atomic E-state index is 13.5. The Morgan fingerprint density at radius 1 is 1.35 bits per heavy atom. The van der Waals surface area contributed by atoms with Crippen LogP contribution in [0.5, 0.6) is 0 Å². The molecule has 0 unspecified atom stereocenters. The number of alkyl halides is 2.